The Morgan fingerprint density at radius 3 is 2.23 bits per heavy atom. The first-order chi connectivity index (χ1) is 14.2. The molecule has 2 aromatic carbocycles. The molecular weight excluding hydrogens is 430 g/mol. The molecule has 0 aromatic heterocycles. The van der Waals surface area contributed by atoms with Crippen LogP contribution in [0.2, 0.25) is 10.0 Å². The quantitative estimate of drug-likeness (QED) is 0.597. The highest BCUT2D eigenvalue weighted by atomic mass is 35.5. The Hall–Kier alpha value is -2.31. The maximum atomic E-state index is 13.1. The van der Waals surface area contributed by atoms with Gasteiger partial charge in [0.2, 0.25) is 5.91 Å². The second kappa shape index (κ2) is 11.2. The van der Waals surface area contributed by atoms with Crippen LogP contribution in [0.3, 0.4) is 0 Å². The second-order valence-electron chi connectivity index (χ2n) is 7.28. The predicted molar refractivity (Wildman–Crippen MR) is 116 cm³/mol. The first-order valence-corrected chi connectivity index (χ1v) is 10.3. The molecule has 0 radical (unpaired) electrons. The molecule has 0 heterocycles. The molecule has 0 saturated carbocycles. The van der Waals surface area contributed by atoms with Crippen LogP contribution in [0.1, 0.15) is 26.3 Å². The number of carbonyl (C=O) groups is 2. The van der Waals surface area contributed by atoms with Gasteiger partial charge in [-0.05, 0) is 49.2 Å². The Balaban J connectivity index is 2.19. The van der Waals surface area contributed by atoms with E-state index in [1.165, 1.54) is 29.2 Å². The van der Waals surface area contributed by atoms with E-state index in [-0.39, 0.29) is 25.0 Å². The first-order valence-electron chi connectivity index (χ1n) is 9.57. The standard InChI is InChI=1S/C22H25Cl2FN2O3/c1-14(2)11-26-22(29)15(3)27(12-18-19(23)5-4-6-20(18)24)21(28)13-30-17-9-7-16(25)8-10-17/h4-10,14-15H,11-13H2,1-3H3,(H,26,29)/t15-/m1/s1. The van der Waals surface area contributed by atoms with Crippen molar-refractivity contribution in [3.8, 4) is 5.75 Å². The lowest BCUT2D eigenvalue weighted by atomic mass is 10.1. The van der Waals surface area contributed by atoms with Gasteiger partial charge in [0.05, 0.1) is 0 Å². The van der Waals surface area contributed by atoms with Gasteiger partial charge in [-0.15, -0.1) is 0 Å². The van der Waals surface area contributed by atoms with Gasteiger partial charge in [0, 0.05) is 28.7 Å². The third-order valence-corrected chi connectivity index (χ3v) is 5.13. The molecule has 0 fully saturated rings. The van der Waals surface area contributed by atoms with Crippen molar-refractivity contribution in [1.29, 1.82) is 0 Å². The minimum atomic E-state index is -0.777. The highest BCUT2D eigenvalue weighted by molar-refractivity contribution is 6.36. The van der Waals surface area contributed by atoms with Gasteiger partial charge < -0.3 is 15.0 Å². The summed E-state index contributed by atoms with van der Waals surface area (Å²) in [7, 11) is 0. The molecule has 30 heavy (non-hydrogen) atoms. The van der Waals surface area contributed by atoms with Gasteiger partial charge in [0.25, 0.3) is 5.91 Å². The molecule has 0 bridgehead atoms. The zero-order valence-electron chi connectivity index (χ0n) is 17.1. The van der Waals surface area contributed by atoms with Crippen LogP contribution in [0.15, 0.2) is 42.5 Å². The molecule has 8 heteroatoms. The van der Waals surface area contributed by atoms with Gasteiger partial charge in [-0.1, -0.05) is 43.1 Å². The summed E-state index contributed by atoms with van der Waals surface area (Å²) >= 11 is 12.5. The molecule has 2 rings (SSSR count). The van der Waals surface area contributed by atoms with Crippen LogP contribution in [0.25, 0.3) is 0 Å². The Morgan fingerprint density at radius 1 is 1.07 bits per heavy atom. The number of benzene rings is 2. The van der Waals surface area contributed by atoms with E-state index in [1.807, 2.05) is 13.8 Å². The van der Waals surface area contributed by atoms with Crippen molar-refractivity contribution in [1.82, 2.24) is 10.2 Å². The fourth-order valence-corrected chi connectivity index (χ4v) is 3.16. The van der Waals surface area contributed by atoms with E-state index in [0.717, 1.165) is 0 Å². The Bertz CT molecular complexity index is 855. The predicted octanol–water partition coefficient (Wildman–Crippen LogP) is 4.70. The molecule has 2 aromatic rings. The summed E-state index contributed by atoms with van der Waals surface area (Å²) in [6.45, 7) is 5.80. The van der Waals surface area contributed by atoms with E-state index < -0.39 is 17.8 Å². The van der Waals surface area contributed by atoms with Crippen LogP contribution in [-0.2, 0) is 16.1 Å². The average Bonchev–Trinajstić information content (AvgIpc) is 2.70. The minimum Gasteiger partial charge on any atom is -0.484 e. The zero-order valence-corrected chi connectivity index (χ0v) is 18.6. The van der Waals surface area contributed by atoms with Gasteiger partial charge in [-0.2, -0.15) is 0 Å². The number of hydrogen-bond donors (Lipinski definition) is 1. The van der Waals surface area contributed by atoms with Crippen LogP contribution in [0.4, 0.5) is 4.39 Å². The normalized spacial score (nSPS) is 11.8. The molecule has 162 valence electrons. The highest BCUT2D eigenvalue weighted by Gasteiger charge is 2.27. The highest BCUT2D eigenvalue weighted by Crippen LogP contribution is 2.26. The fourth-order valence-electron chi connectivity index (χ4n) is 2.65. The molecule has 0 spiro atoms. The number of rotatable bonds is 9. The van der Waals surface area contributed by atoms with Crippen molar-refractivity contribution in [2.24, 2.45) is 5.92 Å². The van der Waals surface area contributed by atoms with Crippen LogP contribution < -0.4 is 10.1 Å². The summed E-state index contributed by atoms with van der Waals surface area (Å²) in [4.78, 5) is 26.9. The number of carbonyl (C=O) groups excluding carboxylic acids is 2. The van der Waals surface area contributed by atoms with Crippen LogP contribution in [-0.4, -0.2) is 35.9 Å². The third kappa shape index (κ3) is 6.89. The van der Waals surface area contributed by atoms with E-state index in [1.54, 1.807) is 25.1 Å². The zero-order chi connectivity index (χ0) is 22.3. The van der Waals surface area contributed by atoms with Crippen LogP contribution >= 0.6 is 23.2 Å². The molecule has 0 unspecified atom stereocenters. The van der Waals surface area contributed by atoms with Crippen molar-refractivity contribution in [3.05, 3.63) is 63.9 Å². The van der Waals surface area contributed by atoms with Crippen molar-refractivity contribution in [3.63, 3.8) is 0 Å². The Labute approximate surface area is 186 Å². The summed E-state index contributed by atoms with van der Waals surface area (Å²) < 4.78 is 18.5. The molecule has 0 aliphatic carbocycles. The number of nitrogens with zero attached hydrogens (tertiary/aromatic N) is 1. The average molecular weight is 455 g/mol. The number of nitrogens with one attached hydrogen (secondary N) is 1. The first kappa shape index (κ1) is 24.0. The fraction of sp³-hybridized carbons (Fsp3) is 0.364. The Morgan fingerprint density at radius 2 is 1.67 bits per heavy atom. The maximum Gasteiger partial charge on any atom is 0.261 e. The maximum absolute atomic E-state index is 13.1. The number of hydrogen-bond acceptors (Lipinski definition) is 3. The lowest BCUT2D eigenvalue weighted by molar-refractivity contribution is -0.142. The number of halogens is 3. The van der Waals surface area contributed by atoms with Gasteiger partial charge in [-0.25, -0.2) is 4.39 Å². The lowest BCUT2D eigenvalue weighted by Crippen LogP contribution is -2.49. The SMILES string of the molecule is CC(C)CNC(=O)[C@@H](C)N(Cc1c(Cl)cccc1Cl)C(=O)COc1ccc(F)cc1. The molecule has 0 saturated heterocycles. The Kier molecular flexibility index (Phi) is 8.93. The van der Waals surface area contributed by atoms with Crippen molar-refractivity contribution in [2.45, 2.75) is 33.4 Å². The molecular formula is C22H25Cl2FN2O3. The van der Waals surface area contributed by atoms with Crippen molar-refractivity contribution >= 4 is 35.0 Å². The molecule has 1 N–H and O–H groups in total. The van der Waals surface area contributed by atoms with E-state index in [2.05, 4.69) is 5.32 Å². The largest absolute Gasteiger partial charge is 0.484 e. The molecule has 0 aliphatic rings. The molecule has 5 nitrogen and oxygen atoms in total. The van der Waals surface area contributed by atoms with E-state index >= 15 is 0 Å². The molecule has 2 amide bonds. The van der Waals surface area contributed by atoms with Gasteiger partial charge in [-0.3, -0.25) is 9.59 Å². The van der Waals surface area contributed by atoms with Crippen molar-refractivity contribution < 1.29 is 18.7 Å². The van der Waals surface area contributed by atoms with E-state index in [9.17, 15) is 14.0 Å². The van der Waals surface area contributed by atoms with Gasteiger partial charge in [0.15, 0.2) is 6.61 Å². The monoisotopic (exact) mass is 454 g/mol. The molecule has 1 atom stereocenters. The van der Waals surface area contributed by atoms with E-state index in [0.29, 0.717) is 27.9 Å². The lowest BCUT2D eigenvalue weighted by Gasteiger charge is -2.29. The minimum absolute atomic E-state index is 0.0420. The topological polar surface area (TPSA) is 58.6 Å². The number of ether oxygens (including phenoxy) is 1. The van der Waals surface area contributed by atoms with Gasteiger partial charge in [0.1, 0.15) is 17.6 Å². The van der Waals surface area contributed by atoms with Crippen molar-refractivity contribution in [2.75, 3.05) is 13.2 Å². The third-order valence-electron chi connectivity index (χ3n) is 4.42. The second-order valence-corrected chi connectivity index (χ2v) is 8.09. The molecule has 0 aliphatic heterocycles. The summed E-state index contributed by atoms with van der Waals surface area (Å²) in [6.07, 6.45) is 0. The van der Waals surface area contributed by atoms with E-state index in [4.69, 9.17) is 27.9 Å². The van der Waals surface area contributed by atoms with Crippen LogP contribution in [0, 0.1) is 11.7 Å². The van der Waals surface area contributed by atoms with Crippen LogP contribution in [0.5, 0.6) is 5.75 Å². The van der Waals surface area contributed by atoms with Gasteiger partial charge >= 0.3 is 0 Å². The summed E-state index contributed by atoms with van der Waals surface area (Å²) in [5.41, 5.74) is 0.541. The smallest absolute Gasteiger partial charge is 0.261 e. The summed E-state index contributed by atoms with van der Waals surface area (Å²) in [5, 5.41) is 3.63. The number of amides is 2. The summed E-state index contributed by atoms with van der Waals surface area (Å²) in [6, 6.07) is 9.60. The summed E-state index contributed by atoms with van der Waals surface area (Å²) in [5.74, 6) is -0.508.